The van der Waals surface area contributed by atoms with Crippen LogP contribution in [0.15, 0.2) is 0 Å². The van der Waals surface area contributed by atoms with Gasteiger partial charge in [0.1, 0.15) is 5.41 Å². The fourth-order valence-corrected chi connectivity index (χ4v) is 2.54. The lowest BCUT2D eigenvalue weighted by atomic mass is 10.00. The van der Waals surface area contributed by atoms with Gasteiger partial charge in [-0.25, -0.2) is 0 Å². The smallest absolute Gasteiger partial charge is 0.319 e. The van der Waals surface area contributed by atoms with E-state index in [2.05, 4.69) is 5.32 Å². The molecule has 6 heteroatoms. The van der Waals surface area contributed by atoms with Gasteiger partial charge >= 0.3 is 5.97 Å². The number of carbonyl (C=O) groups is 3. The van der Waals surface area contributed by atoms with Crippen LogP contribution < -0.4 is 5.32 Å². The number of nitrogens with zero attached hydrogens (tertiary/aromatic N) is 1. The number of carbonyl (C=O) groups excluding carboxylic acids is 2. The van der Waals surface area contributed by atoms with Gasteiger partial charge in [-0.15, -0.1) is 0 Å². The van der Waals surface area contributed by atoms with Crippen LogP contribution in [0.5, 0.6) is 0 Å². The van der Waals surface area contributed by atoms with Crippen molar-refractivity contribution in [2.24, 2.45) is 11.3 Å². The molecule has 0 atom stereocenters. The molecular weight excluding hydrogens is 260 g/mol. The van der Waals surface area contributed by atoms with Crippen molar-refractivity contribution in [3.63, 3.8) is 0 Å². The maximum absolute atomic E-state index is 12.2. The maximum atomic E-state index is 12.2. The van der Waals surface area contributed by atoms with Crippen LogP contribution in [0.2, 0.25) is 0 Å². The maximum Gasteiger partial charge on any atom is 0.319 e. The van der Waals surface area contributed by atoms with Gasteiger partial charge in [0.05, 0.1) is 0 Å². The molecule has 0 aromatic rings. The zero-order chi connectivity index (χ0) is 14.9. The van der Waals surface area contributed by atoms with Crippen LogP contribution in [0.3, 0.4) is 0 Å². The molecule has 2 fully saturated rings. The highest BCUT2D eigenvalue weighted by Gasteiger charge is 2.58. The number of hydrogen-bond donors (Lipinski definition) is 2. The number of carboxylic acid groups (broad SMARTS) is 1. The van der Waals surface area contributed by atoms with Gasteiger partial charge in [0.2, 0.25) is 11.8 Å². The molecule has 0 aromatic heterocycles. The molecule has 0 bridgehead atoms. The molecule has 0 unspecified atom stereocenters. The average molecular weight is 282 g/mol. The first-order chi connectivity index (χ1) is 9.36. The Bertz CT molecular complexity index is 421. The second kappa shape index (κ2) is 5.42. The van der Waals surface area contributed by atoms with Crippen LogP contribution in [-0.4, -0.2) is 46.9 Å². The van der Waals surface area contributed by atoms with E-state index in [0.29, 0.717) is 38.8 Å². The van der Waals surface area contributed by atoms with Crippen molar-refractivity contribution in [1.82, 2.24) is 10.2 Å². The second-order valence-corrected chi connectivity index (χ2v) is 6.12. The van der Waals surface area contributed by atoms with E-state index in [1.54, 1.807) is 4.90 Å². The zero-order valence-corrected chi connectivity index (χ0v) is 12.0. The van der Waals surface area contributed by atoms with Crippen LogP contribution in [0, 0.1) is 11.3 Å². The van der Waals surface area contributed by atoms with Gasteiger partial charge in [0, 0.05) is 25.0 Å². The number of hydrogen-bond acceptors (Lipinski definition) is 3. The first-order valence-corrected chi connectivity index (χ1v) is 7.20. The molecule has 112 valence electrons. The topological polar surface area (TPSA) is 86.7 Å². The molecule has 0 aromatic carbocycles. The first-order valence-electron chi connectivity index (χ1n) is 7.20. The summed E-state index contributed by atoms with van der Waals surface area (Å²) in [5.74, 6) is -1.27. The molecule has 1 saturated heterocycles. The third kappa shape index (κ3) is 2.78. The summed E-state index contributed by atoms with van der Waals surface area (Å²) in [5.41, 5.74) is -1.14. The predicted molar refractivity (Wildman–Crippen MR) is 71.9 cm³/mol. The van der Waals surface area contributed by atoms with Crippen molar-refractivity contribution >= 4 is 17.8 Å². The van der Waals surface area contributed by atoms with Crippen molar-refractivity contribution in [2.75, 3.05) is 13.1 Å². The lowest BCUT2D eigenvalue weighted by Crippen LogP contribution is -2.50. The van der Waals surface area contributed by atoms with E-state index in [0.717, 1.165) is 0 Å². The number of aliphatic carboxylic acids is 1. The summed E-state index contributed by atoms with van der Waals surface area (Å²) in [6.07, 6.45) is 2.29. The Morgan fingerprint density at radius 1 is 1.20 bits per heavy atom. The number of piperidine rings is 1. The Morgan fingerprint density at radius 3 is 2.15 bits per heavy atom. The largest absolute Gasteiger partial charge is 0.480 e. The molecule has 1 saturated carbocycles. The fourth-order valence-electron chi connectivity index (χ4n) is 2.54. The molecule has 1 aliphatic carbocycles. The molecule has 6 nitrogen and oxygen atoms in total. The molecule has 2 aliphatic rings. The van der Waals surface area contributed by atoms with Gasteiger partial charge < -0.3 is 15.3 Å². The van der Waals surface area contributed by atoms with Gasteiger partial charge in [0.15, 0.2) is 0 Å². The van der Waals surface area contributed by atoms with Crippen molar-refractivity contribution in [2.45, 2.75) is 45.6 Å². The summed E-state index contributed by atoms with van der Waals surface area (Å²) in [5, 5.41) is 12.1. The molecular formula is C14H22N2O4. The lowest BCUT2D eigenvalue weighted by Gasteiger charge is -2.34. The monoisotopic (exact) mass is 282 g/mol. The zero-order valence-electron chi connectivity index (χ0n) is 12.0. The molecule has 0 radical (unpaired) electrons. The van der Waals surface area contributed by atoms with Gasteiger partial charge in [-0.1, -0.05) is 13.8 Å². The molecule has 1 aliphatic heterocycles. The van der Waals surface area contributed by atoms with Crippen LogP contribution in [0.4, 0.5) is 0 Å². The third-order valence-corrected chi connectivity index (χ3v) is 4.22. The fraction of sp³-hybridized carbons (Fsp3) is 0.786. The highest BCUT2D eigenvalue weighted by atomic mass is 16.4. The van der Waals surface area contributed by atoms with E-state index >= 15 is 0 Å². The van der Waals surface area contributed by atoms with E-state index in [1.807, 2.05) is 13.8 Å². The van der Waals surface area contributed by atoms with E-state index in [-0.39, 0.29) is 23.8 Å². The van der Waals surface area contributed by atoms with E-state index in [1.165, 1.54) is 0 Å². The van der Waals surface area contributed by atoms with Crippen molar-refractivity contribution in [1.29, 1.82) is 0 Å². The minimum atomic E-state index is -1.14. The SMILES string of the molecule is CC(C)C(=O)NC1CCN(C(=O)C2(C(=O)O)CC2)CC1. The Morgan fingerprint density at radius 2 is 1.75 bits per heavy atom. The predicted octanol–water partition coefficient (Wildman–Crippen LogP) is 0.614. The molecule has 2 amide bonds. The number of amides is 2. The van der Waals surface area contributed by atoms with Crippen LogP contribution in [0.1, 0.15) is 39.5 Å². The van der Waals surface area contributed by atoms with Crippen LogP contribution in [-0.2, 0) is 14.4 Å². The second-order valence-electron chi connectivity index (χ2n) is 6.12. The van der Waals surface area contributed by atoms with Gasteiger partial charge in [-0.2, -0.15) is 0 Å². The number of likely N-dealkylation sites (tertiary alicyclic amines) is 1. The summed E-state index contributed by atoms with van der Waals surface area (Å²) < 4.78 is 0. The lowest BCUT2D eigenvalue weighted by molar-refractivity contribution is -0.153. The van der Waals surface area contributed by atoms with Crippen molar-refractivity contribution in [3.05, 3.63) is 0 Å². The quantitative estimate of drug-likeness (QED) is 0.740. The van der Waals surface area contributed by atoms with Crippen LogP contribution in [0.25, 0.3) is 0 Å². The van der Waals surface area contributed by atoms with Crippen LogP contribution >= 0.6 is 0 Å². The van der Waals surface area contributed by atoms with E-state index in [9.17, 15) is 14.4 Å². The van der Waals surface area contributed by atoms with Gasteiger partial charge in [-0.3, -0.25) is 14.4 Å². The van der Waals surface area contributed by atoms with Crippen molar-refractivity contribution in [3.8, 4) is 0 Å². The van der Waals surface area contributed by atoms with Gasteiger partial charge in [-0.05, 0) is 25.7 Å². The normalized spacial score (nSPS) is 21.6. The Kier molecular flexibility index (Phi) is 4.01. The first kappa shape index (κ1) is 14.8. The van der Waals surface area contributed by atoms with E-state index in [4.69, 9.17) is 5.11 Å². The Balaban J connectivity index is 1.84. The summed E-state index contributed by atoms with van der Waals surface area (Å²) in [6.45, 7) is 4.74. The van der Waals surface area contributed by atoms with Gasteiger partial charge in [0.25, 0.3) is 0 Å². The molecule has 2 N–H and O–H groups in total. The number of carboxylic acids is 1. The number of rotatable bonds is 4. The highest BCUT2D eigenvalue weighted by Crippen LogP contribution is 2.47. The molecule has 1 heterocycles. The minimum absolute atomic E-state index is 0.0268. The average Bonchev–Trinajstić information content (AvgIpc) is 3.20. The standard InChI is InChI=1S/C14H22N2O4/c1-9(2)11(17)15-10-3-7-16(8-4-10)12(18)14(5-6-14)13(19)20/h9-10H,3-8H2,1-2H3,(H,15,17)(H,19,20). The highest BCUT2D eigenvalue weighted by molar-refractivity contribution is 6.04. The Labute approximate surface area is 118 Å². The minimum Gasteiger partial charge on any atom is -0.480 e. The molecule has 2 rings (SSSR count). The summed E-state index contributed by atoms with van der Waals surface area (Å²) >= 11 is 0. The Hall–Kier alpha value is -1.59. The molecule has 0 spiro atoms. The molecule has 20 heavy (non-hydrogen) atoms. The van der Waals surface area contributed by atoms with Crippen molar-refractivity contribution < 1.29 is 19.5 Å². The third-order valence-electron chi connectivity index (χ3n) is 4.22. The summed E-state index contributed by atoms with van der Waals surface area (Å²) in [7, 11) is 0. The van der Waals surface area contributed by atoms with E-state index < -0.39 is 11.4 Å². The summed E-state index contributed by atoms with van der Waals surface area (Å²) in [6, 6.07) is 0.0916. The summed E-state index contributed by atoms with van der Waals surface area (Å²) in [4.78, 5) is 36.6. The number of nitrogens with one attached hydrogen (secondary N) is 1.